The second kappa shape index (κ2) is 7.80. The van der Waals surface area contributed by atoms with Crippen LogP contribution in [0.15, 0.2) is 53.4 Å². The molecule has 3 N–H and O–H groups in total. The first-order valence-corrected chi connectivity index (χ1v) is 9.60. The Morgan fingerprint density at radius 2 is 1.71 bits per heavy atom. The van der Waals surface area contributed by atoms with Gasteiger partial charge in [0.25, 0.3) is 0 Å². The van der Waals surface area contributed by atoms with Crippen molar-refractivity contribution in [2.24, 2.45) is 0 Å². The number of aromatic hydroxyl groups is 1. The van der Waals surface area contributed by atoms with Crippen molar-refractivity contribution in [3.05, 3.63) is 59.7 Å². The van der Waals surface area contributed by atoms with Gasteiger partial charge in [0.1, 0.15) is 11.3 Å². The molecule has 0 aliphatic carbocycles. The van der Waals surface area contributed by atoms with Crippen molar-refractivity contribution in [3.8, 4) is 5.75 Å². The van der Waals surface area contributed by atoms with Gasteiger partial charge in [-0.1, -0.05) is 25.1 Å². The highest BCUT2D eigenvalue weighted by molar-refractivity contribution is 7.89. The van der Waals surface area contributed by atoms with E-state index in [0.717, 1.165) is 18.2 Å². The van der Waals surface area contributed by atoms with Crippen LogP contribution in [0.4, 0.5) is 13.2 Å². The van der Waals surface area contributed by atoms with E-state index in [9.17, 15) is 36.6 Å². The number of rotatable bonds is 7. The molecule has 2 aromatic carbocycles. The lowest BCUT2D eigenvalue weighted by atomic mass is 9.89. The molecule has 152 valence electrons. The number of halogens is 3. The predicted molar refractivity (Wildman–Crippen MR) is 94.2 cm³/mol. The Hall–Kier alpha value is -2.59. The first-order valence-electron chi connectivity index (χ1n) is 8.12. The highest BCUT2D eigenvalue weighted by Crippen LogP contribution is 2.31. The summed E-state index contributed by atoms with van der Waals surface area (Å²) < 4.78 is 66.0. The Kier molecular flexibility index (Phi) is 6.05. The highest BCUT2D eigenvalue weighted by Gasteiger charge is 2.41. The van der Waals surface area contributed by atoms with Crippen LogP contribution in [0.2, 0.25) is 0 Å². The summed E-state index contributed by atoms with van der Waals surface area (Å²) in [5.41, 5.74) is -2.72. The van der Waals surface area contributed by atoms with Crippen molar-refractivity contribution in [2.45, 2.75) is 36.4 Å². The third kappa shape index (κ3) is 4.82. The monoisotopic (exact) mass is 417 g/mol. The van der Waals surface area contributed by atoms with Crippen LogP contribution < -0.4 is 4.72 Å². The number of carbonyl (C=O) groups is 1. The second-order valence-electron chi connectivity index (χ2n) is 6.22. The minimum absolute atomic E-state index is 0.0503. The molecule has 0 spiro atoms. The van der Waals surface area contributed by atoms with E-state index >= 15 is 0 Å². The fourth-order valence-corrected chi connectivity index (χ4v) is 4.10. The molecule has 28 heavy (non-hydrogen) atoms. The van der Waals surface area contributed by atoms with Crippen molar-refractivity contribution < 1.29 is 36.6 Å². The van der Waals surface area contributed by atoms with Crippen LogP contribution in [0.5, 0.6) is 5.75 Å². The van der Waals surface area contributed by atoms with Gasteiger partial charge in [-0.25, -0.2) is 8.42 Å². The number of aliphatic carboxylic acids is 1. The number of hydrogen-bond acceptors (Lipinski definition) is 4. The molecule has 0 radical (unpaired) electrons. The number of benzene rings is 2. The number of carboxylic acid groups (broad SMARTS) is 1. The zero-order valence-corrected chi connectivity index (χ0v) is 15.5. The molecular formula is C18H18F3NO5S. The normalized spacial score (nSPS) is 14.4. The SMILES string of the molecule is CC[C@@](Cc1ccc(O)cc1)(NS(=O)(=O)c1cccc(C(F)(F)F)c1)C(=O)O. The molecule has 0 aliphatic rings. The van der Waals surface area contributed by atoms with Crippen LogP contribution in [0.1, 0.15) is 24.5 Å². The number of carboxylic acids is 1. The zero-order chi connectivity index (χ0) is 21.2. The van der Waals surface area contributed by atoms with E-state index in [1.807, 2.05) is 0 Å². The average molecular weight is 417 g/mol. The maximum Gasteiger partial charge on any atom is 0.416 e. The smallest absolute Gasteiger partial charge is 0.416 e. The summed E-state index contributed by atoms with van der Waals surface area (Å²) in [6.45, 7) is 1.45. The first kappa shape index (κ1) is 21.7. The van der Waals surface area contributed by atoms with Crippen molar-refractivity contribution in [1.29, 1.82) is 0 Å². The maximum absolute atomic E-state index is 12.9. The lowest BCUT2D eigenvalue weighted by molar-refractivity contribution is -0.144. The lowest BCUT2D eigenvalue weighted by Crippen LogP contribution is -2.55. The maximum atomic E-state index is 12.9. The van der Waals surface area contributed by atoms with Crippen LogP contribution >= 0.6 is 0 Å². The van der Waals surface area contributed by atoms with Gasteiger partial charge >= 0.3 is 12.1 Å². The van der Waals surface area contributed by atoms with Crippen molar-refractivity contribution in [2.75, 3.05) is 0 Å². The Bertz CT molecular complexity index is 958. The van der Waals surface area contributed by atoms with Gasteiger partial charge in [-0.2, -0.15) is 17.9 Å². The van der Waals surface area contributed by atoms with Gasteiger partial charge in [0, 0.05) is 6.42 Å². The molecule has 0 bridgehead atoms. The molecule has 1 atom stereocenters. The van der Waals surface area contributed by atoms with E-state index in [1.54, 1.807) is 0 Å². The van der Waals surface area contributed by atoms with Crippen molar-refractivity contribution >= 4 is 16.0 Å². The van der Waals surface area contributed by atoms with Gasteiger partial charge in [-0.3, -0.25) is 4.79 Å². The van der Waals surface area contributed by atoms with Crippen LogP contribution in [0.25, 0.3) is 0 Å². The van der Waals surface area contributed by atoms with Gasteiger partial charge < -0.3 is 10.2 Å². The van der Waals surface area contributed by atoms with E-state index < -0.39 is 38.2 Å². The van der Waals surface area contributed by atoms with Crippen LogP contribution in [0.3, 0.4) is 0 Å². The molecule has 2 aromatic rings. The fraction of sp³-hybridized carbons (Fsp3) is 0.278. The Morgan fingerprint density at radius 1 is 1.11 bits per heavy atom. The Labute approximate surface area is 159 Å². The summed E-state index contributed by atoms with van der Waals surface area (Å²) in [7, 11) is -4.57. The molecule has 2 rings (SSSR count). The van der Waals surface area contributed by atoms with Crippen molar-refractivity contribution in [1.82, 2.24) is 4.72 Å². The molecule has 0 unspecified atom stereocenters. The summed E-state index contributed by atoms with van der Waals surface area (Å²) >= 11 is 0. The third-order valence-corrected chi connectivity index (χ3v) is 5.79. The summed E-state index contributed by atoms with van der Waals surface area (Å²) in [5.74, 6) is -1.52. The van der Waals surface area contributed by atoms with E-state index in [1.165, 1.54) is 31.2 Å². The Balaban J connectivity index is 2.43. The molecule has 0 heterocycles. The van der Waals surface area contributed by atoms with Gasteiger partial charge in [-0.05, 0) is 42.3 Å². The van der Waals surface area contributed by atoms with Crippen LogP contribution in [-0.2, 0) is 27.4 Å². The summed E-state index contributed by atoms with van der Waals surface area (Å²) in [5, 5.41) is 19.0. The van der Waals surface area contributed by atoms with Gasteiger partial charge in [0.15, 0.2) is 0 Å². The molecule has 0 amide bonds. The molecule has 0 fully saturated rings. The lowest BCUT2D eigenvalue weighted by Gasteiger charge is -2.29. The largest absolute Gasteiger partial charge is 0.508 e. The molecule has 10 heteroatoms. The molecule has 0 saturated carbocycles. The number of sulfonamides is 1. The number of hydrogen-bond donors (Lipinski definition) is 3. The highest BCUT2D eigenvalue weighted by atomic mass is 32.2. The molecular weight excluding hydrogens is 399 g/mol. The molecule has 0 aromatic heterocycles. The number of phenolic OH excluding ortho intramolecular Hbond substituents is 1. The second-order valence-corrected chi connectivity index (χ2v) is 7.90. The van der Waals surface area contributed by atoms with Gasteiger partial charge in [-0.15, -0.1) is 0 Å². The summed E-state index contributed by atoms with van der Waals surface area (Å²) in [6.07, 6.45) is -5.18. The van der Waals surface area contributed by atoms with Crippen LogP contribution in [0, 0.1) is 0 Å². The minimum Gasteiger partial charge on any atom is -0.508 e. The van der Waals surface area contributed by atoms with E-state index in [2.05, 4.69) is 4.72 Å². The zero-order valence-electron chi connectivity index (χ0n) is 14.7. The van der Waals surface area contributed by atoms with Crippen LogP contribution in [-0.4, -0.2) is 30.1 Å². The molecule has 0 saturated heterocycles. The summed E-state index contributed by atoms with van der Waals surface area (Å²) in [6, 6.07) is 8.57. The van der Waals surface area contributed by atoms with E-state index in [0.29, 0.717) is 11.6 Å². The number of alkyl halides is 3. The van der Waals surface area contributed by atoms with Gasteiger partial charge in [0.2, 0.25) is 10.0 Å². The Morgan fingerprint density at radius 3 is 2.21 bits per heavy atom. The topological polar surface area (TPSA) is 104 Å². The van der Waals surface area contributed by atoms with Gasteiger partial charge in [0.05, 0.1) is 10.5 Å². The standard InChI is InChI=1S/C18H18F3NO5S/c1-2-17(16(24)25,11-12-6-8-14(23)9-7-12)22-28(26,27)15-5-3-4-13(10-15)18(19,20)21/h3-10,22-23H,2,11H2,1H3,(H,24,25)/t17-/m0/s1. The third-order valence-electron chi connectivity index (χ3n) is 4.26. The quantitative estimate of drug-likeness (QED) is 0.642. The number of phenols is 1. The molecule has 0 aliphatic heterocycles. The van der Waals surface area contributed by atoms with E-state index in [4.69, 9.17) is 0 Å². The van der Waals surface area contributed by atoms with Crippen molar-refractivity contribution in [3.63, 3.8) is 0 Å². The average Bonchev–Trinajstić information content (AvgIpc) is 2.62. The predicted octanol–water partition coefficient (Wildman–Crippen LogP) is 3.17. The molecule has 6 nitrogen and oxygen atoms in total. The van der Waals surface area contributed by atoms with E-state index in [-0.39, 0.29) is 18.6 Å². The summed E-state index contributed by atoms with van der Waals surface area (Å²) in [4.78, 5) is 11.2. The minimum atomic E-state index is -4.74. The first-order chi connectivity index (χ1) is 12.9. The fourth-order valence-electron chi connectivity index (χ4n) is 2.62. The number of nitrogens with one attached hydrogen (secondary N) is 1.